The number of carbonyl (C=O) groups is 1. The van der Waals surface area contributed by atoms with E-state index in [-0.39, 0.29) is 12.2 Å². The van der Waals surface area contributed by atoms with Crippen molar-refractivity contribution < 1.29 is 4.79 Å². The maximum Gasteiger partial charge on any atom is 0.162 e. The average Bonchev–Trinajstić information content (AvgIpc) is 3.16. The van der Waals surface area contributed by atoms with Crippen LogP contribution in [0.2, 0.25) is 0 Å². The van der Waals surface area contributed by atoms with Crippen molar-refractivity contribution in [2.45, 2.75) is 26.3 Å². The summed E-state index contributed by atoms with van der Waals surface area (Å²) in [4.78, 5) is 18.1. The third-order valence-electron chi connectivity index (χ3n) is 5.81. The van der Waals surface area contributed by atoms with Crippen molar-refractivity contribution in [2.24, 2.45) is 4.99 Å². The molecule has 0 amide bonds. The summed E-state index contributed by atoms with van der Waals surface area (Å²) < 4.78 is 2.02. The number of nitrogens with zero attached hydrogens (tertiary/aromatic N) is 4. The lowest BCUT2D eigenvalue weighted by Gasteiger charge is -2.12. The molecule has 0 fully saturated rings. The zero-order chi connectivity index (χ0) is 22.8. The SMILES string of the molecule is Cc1ccc(/C=C/C(=O)CC2N=C(c3ccccc3)c3ccccc3-n3c(C)nnc32)cc1. The number of para-hydroxylation sites is 1. The molecule has 0 aliphatic carbocycles. The molecule has 0 bridgehead atoms. The minimum Gasteiger partial charge on any atom is -0.295 e. The molecule has 33 heavy (non-hydrogen) atoms. The van der Waals surface area contributed by atoms with Gasteiger partial charge in [-0.1, -0.05) is 84.4 Å². The van der Waals surface area contributed by atoms with Crippen LogP contribution in [0.25, 0.3) is 11.8 Å². The highest BCUT2D eigenvalue weighted by Crippen LogP contribution is 2.32. The number of aryl methyl sites for hydroxylation is 2. The molecule has 1 atom stereocenters. The summed E-state index contributed by atoms with van der Waals surface area (Å²) >= 11 is 0. The normalized spacial score (nSPS) is 15.0. The molecule has 4 aromatic rings. The van der Waals surface area contributed by atoms with Crippen molar-refractivity contribution in [3.63, 3.8) is 0 Å². The molecule has 5 heteroatoms. The number of benzene rings is 3. The van der Waals surface area contributed by atoms with Gasteiger partial charge in [0.05, 0.1) is 11.4 Å². The number of allylic oxidation sites excluding steroid dienone is 1. The first-order chi connectivity index (χ1) is 16.1. The number of hydrogen-bond acceptors (Lipinski definition) is 4. The van der Waals surface area contributed by atoms with E-state index in [1.807, 2.05) is 91.2 Å². The lowest BCUT2D eigenvalue weighted by Crippen LogP contribution is -2.09. The Hall–Kier alpha value is -4.12. The van der Waals surface area contributed by atoms with E-state index >= 15 is 0 Å². The predicted molar refractivity (Wildman–Crippen MR) is 131 cm³/mol. The molecule has 2 heterocycles. The maximum absolute atomic E-state index is 13.0. The third kappa shape index (κ3) is 4.17. The van der Waals surface area contributed by atoms with Crippen LogP contribution in [0.5, 0.6) is 0 Å². The largest absolute Gasteiger partial charge is 0.295 e. The van der Waals surface area contributed by atoms with Crippen LogP contribution < -0.4 is 0 Å². The van der Waals surface area contributed by atoms with Crippen LogP contribution in [0.4, 0.5) is 0 Å². The lowest BCUT2D eigenvalue weighted by atomic mass is 10.0. The molecule has 3 aromatic carbocycles. The summed E-state index contributed by atoms with van der Waals surface area (Å²) in [5.74, 6) is 1.45. The molecule has 1 aliphatic heterocycles. The van der Waals surface area contributed by atoms with Gasteiger partial charge in [0.2, 0.25) is 0 Å². The summed E-state index contributed by atoms with van der Waals surface area (Å²) in [5.41, 5.74) is 6.02. The molecule has 0 spiro atoms. The molecular formula is C28H24N4O. The third-order valence-corrected chi connectivity index (χ3v) is 5.81. The first kappa shape index (κ1) is 20.8. The van der Waals surface area contributed by atoms with Crippen LogP contribution >= 0.6 is 0 Å². The van der Waals surface area contributed by atoms with Crippen molar-refractivity contribution in [3.05, 3.63) is 119 Å². The summed E-state index contributed by atoms with van der Waals surface area (Å²) in [5, 5.41) is 8.75. The van der Waals surface area contributed by atoms with Gasteiger partial charge in [-0.2, -0.15) is 0 Å². The maximum atomic E-state index is 13.0. The fraction of sp³-hybridized carbons (Fsp3) is 0.143. The smallest absolute Gasteiger partial charge is 0.162 e. The van der Waals surface area contributed by atoms with E-state index in [0.29, 0.717) is 5.82 Å². The van der Waals surface area contributed by atoms with E-state index in [1.54, 1.807) is 6.08 Å². The van der Waals surface area contributed by atoms with Crippen LogP contribution in [0, 0.1) is 13.8 Å². The van der Waals surface area contributed by atoms with Gasteiger partial charge < -0.3 is 0 Å². The van der Waals surface area contributed by atoms with Gasteiger partial charge in [0.1, 0.15) is 11.9 Å². The Labute approximate surface area is 193 Å². The van der Waals surface area contributed by atoms with Crippen molar-refractivity contribution >= 4 is 17.6 Å². The molecule has 1 aromatic heterocycles. The number of rotatable bonds is 5. The number of hydrogen-bond donors (Lipinski definition) is 0. The molecule has 0 N–H and O–H groups in total. The molecule has 1 aliphatic rings. The van der Waals surface area contributed by atoms with Gasteiger partial charge in [0.15, 0.2) is 11.6 Å². The summed E-state index contributed by atoms with van der Waals surface area (Å²) in [6.07, 6.45) is 3.70. The minimum atomic E-state index is -0.441. The van der Waals surface area contributed by atoms with Gasteiger partial charge in [-0.15, -0.1) is 10.2 Å². The zero-order valence-electron chi connectivity index (χ0n) is 18.6. The topological polar surface area (TPSA) is 60.1 Å². The fourth-order valence-corrected chi connectivity index (χ4v) is 4.13. The van der Waals surface area contributed by atoms with Gasteiger partial charge >= 0.3 is 0 Å². The van der Waals surface area contributed by atoms with E-state index in [1.165, 1.54) is 5.56 Å². The van der Waals surface area contributed by atoms with Crippen molar-refractivity contribution in [2.75, 3.05) is 0 Å². The minimum absolute atomic E-state index is 0.00473. The second-order valence-electron chi connectivity index (χ2n) is 8.23. The Morgan fingerprint density at radius 1 is 0.909 bits per heavy atom. The van der Waals surface area contributed by atoms with E-state index < -0.39 is 6.04 Å². The molecule has 0 radical (unpaired) electrons. The van der Waals surface area contributed by atoms with E-state index in [4.69, 9.17) is 4.99 Å². The molecule has 5 rings (SSSR count). The summed E-state index contributed by atoms with van der Waals surface area (Å²) in [6.45, 7) is 3.97. The number of aliphatic imine (C=N–C) groups is 1. The number of ketones is 1. The highest BCUT2D eigenvalue weighted by atomic mass is 16.1. The molecule has 162 valence electrons. The molecule has 0 saturated heterocycles. The first-order valence-corrected chi connectivity index (χ1v) is 11.0. The molecule has 0 saturated carbocycles. The zero-order valence-corrected chi connectivity index (χ0v) is 18.6. The Morgan fingerprint density at radius 3 is 2.42 bits per heavy atom. The van der Waals surface area contributed by atoms with Gasteiger partial charge in [-0.25, -0.2) is 0 Å². The second-order valence-corrected chi connectivity index (χ2v) is 8.23. The van der Waals surface area contributed by atoms with Crippen molar-refractivity contribution in [3.8, 4) is 5.69 Å². The van der Waals surface area contributed by atoms with Gasteiger partial charge in [0, 0.05) is 17.5 Å². The van der Waals surface area contributed by atoms with Crippen molar-refractivity contribution in [1.82, 2.24) is 14.8 Å². The van der Waals surface area contributed by atoms with Crippen LogP contribution in [0.1, 0.15) is 46.4 Å². The quantitative estimate of drug-likeness (QED) is 0.394. The summed E-state index contributed by atoms with van der Waals surface area (Å²) in [6, 6.07) is 25.8. The lowest BCUT2D eigenvalue weighted by molar-refractivity contribution is -0.114. The highest BCUT2D eigenvalue weighted by Gasteiger charge is 2.28. The van der Waals surface area contributed by atoms with Crippen molar-refractivity contribution in [1.29, 1.82) is 0 Å². The monoisotopic (exact) mass is 432 g/mol. The fourth-order valence-electron chi connectivity index (χ4n) is 4.13. The number of carbonyl (C=O) groups excluding carboxylic acids is 1. The Morgan fingerprint density at radius 2 is 1.64 bits per heavy atom. The van der Waals surface area contributed by atoms with Gasteiger partial charge in [-0.3, -0.25) is 14.4 Å². The molecule has 1 unspecified atom stereocenters. The molecular weight excluding hydrogens is 408 g/mol. The van der Waals surface area contributed by atoms with Crippen LogP contribution in [0.3, 0.4) is 0 Å². The Balaban J connectivity index is 1.56. The van der Waals surface area contributed by atoms with Gasteiger partial charge in [-0.05, 0) is 31.6 Å². The predicted octanol–water partition coefficient (Wildman–Crippen LogP) is 5.45. The highest BCUT2D eigenvalue weighted by molar-refractivity contribution is 6.15. The van der Waals surface area contributed by atoms with Crippen LogP contribution in [0.15, 0.2) is 89.9 Å². The standard InChI is InChI=1S/C28H24N4O/c1-19-12-14-21(15-13-19)16-17-23(33)18-25-28-31-30-20(2)32(28)26-11-7-6-10-24(26)27(29-25)22-8-4-3-5-9-22/h3-17,25H,18H2,1-2H3/b17-16+. The first-order valence-electron chi connectivity index (χ1n) is 11.0. The average molecular weight is 433 g/mol. The molecule has 5 nitrogen and oxygen atoms in total. The number of aromatic nitrogens is 3. The van der Waals surface area contributed by atoms with E-state index in [9.17, 15) is 4.79 Å². The summed E-state index contributed by atoms with van der Waals surface area (Å²) in [7, 11) is 0. The van der Waals surface area contributed by atoms with E-state index in [2.05, 4.69) is 22.3 Å². The Kier molecular flexibility index (Phi) is 5.53. The van der Waals surface area contributed by atoms with Crippen LogP contribution in [-0.4, -0.2) is 26.3 Å². The Bertz CT molecular complexity index is 1360. The number of fused-ring (bicyclic) bond motifs is 3. The second kappa shape index (κ2) is 8.79. The van der Waals surface area contributed by atoms with Gasteiger partial charge in [0.25, 0.3) is 0 Å². The van der Waals surface area contributed by atoms with E-state index in [0.717, 1.165) is 33.9 Å². The van der Waals surface area contributed by atoms with Crippen LogP contribution in [-0.2, 0) is 4.79 Å².